The van der Waals surface area contributed by atoms with Crippen molar-refractivity contribution in [2.45, 2.75) is 46.0 Å². The van der Waals surface area contributed by atoms with Crippen LogP contribution in [0.1, 0.15) is 46.0 Å². The number of likely N-dealkylation sites (N-methyl/N-ethyl adjacent to an activating group) is 1. The molecule has 86 valence electrons. The van der Waals surface area contributed by atoms with E-state index < -0.39 is 0 Å². The normalized spacial score (nSPS) is 17.4. The first-order valence-corrected chi connectivity index (χ1v) is 6.20. The molecule has 1 heterocycles. The van der Waals surface area contributed by atoms with Gasteiger partial charge in [0, 0.05) is 26.2 Å². The first-order valence-electron chi connectivity index (χ1n) is 6.20. The van der Waals surface area contributed by atoms with Crippen LogP contribution in [0.15, 0.2) is 0 Å². The van der Waals surface area contributed by atoms with Crippen LogP contribution in [0.2, 0.25) is 0 Å². The third-order valence-electron chi connectivity index (χ3n) is 2.55. The average molecular weight is 200 g/mol. The SMILES string of the molecule is CCCCCCC.CN1CCNCC1. The van der Waals surface area contributed by atoms with E-state index >= 15 is 0 Å². The summed E-state index contributed by atoms with van der Waals surface area (Å²) >= 11 is 0. The van der Waals surface area contributed by atoms with Crippen molar-refractivity contribution >= 4 is 0 Å². The number of unbranched alkanes of at least 4 members (excludes halogenated alkanes) is 4. The number of hydrogen-bond acceptors (Lipinski definition) is 2. The summed E-state index contributed by atoms with van der Waals surface area (Å²) in [4.78, 5) is 2.33. The zero-order valence-corrected chi connectivity index (χ0v) is 10.3. The predicted molar refractivity (Wildman–Crippen MR) is 64.8 cm³/mol. The predicted octanol–water partition coefficient (Wildman–Crippen LogP) is 2.50. The van der Waals surface area contributed by atoms with Gasteiger partial charge in [-0.2, -0.15) is 0 Å². The van der Waals surface area contributed by atoms with Crippen LogP contribution < -0.4 is 5.32 Å². The number of hydrogen-bond donors (Lipinski definition) is 1. The first kappa shape index (κ1) is 13.9. The van der Waals surface area contributed by atoms with Crippen molar-refractivity contribution in [3.8, 4) is 0 Å². The molecule has 0 amide bonds. The molecule has 1 fully saturated rings. The van der Waals surface area contributed by atoms with Gasteiger partial charge in [0.1, 0.15) is 0 Å². The molecule has 0 aromatic rings. The Morgan fingerprint density at radius 3 is 1.71 bits per heavy atom. The summed E-state index contributed by atoms with van der Waals surface area (Å²) in [5, 5.41) is 3.27. The van der Waals surface area contributed by atoms with Crippen molar-refractivity contribution < 1.29 is 0 Å². The topological polar surface area (TPSA) is 15.3 Å². The molecule has 14 heavy (non-hydrogen) atoms. The summed E-state index contributed by atoms with van der Waals surface area (Å²) in [6.07, 6.45) is 7.01. The van der Waals surface area contributed by atoms with Gasteiger partial charge in [-0.3, -0.25) is 0 Å². The van der Waals surface area contributed by atoms with Crippen LogP contribution in [0.3, 0.4) is 0 Å². The van der Waals surface area contributed by atoms with E-state index in [-0.39, 0.29) is 0 Å². The second-order valence-corrected chi connectivity index (χ2v) is 4.11. The summed E-state index contributed by atoms with van der Waals surface area (Å²) in [7, 11) is 2.15. The monoisotopic (exact) mass is 200 g/mol. The maximum atomic E-state index is 3.27. The molecule has 1 aliphatic heterocycles. The summed E-state index contributed by atoms with van der Waals surface area (Å²) in [6, 6.07) is 0. The van der Waals surface area contributed by atoms with Gasteiger partial charge in [-0.15, -0.1) is 0 Å². The van der Waals surface area contributed by atoms with E-state index in [4.69, 9.17) is 0 Å². The van der Waals surface area contributed by atoms with Crippen molar-refractivity contribution in [1.29, 1.82) is 0 Å². The molecular formula is C12H28N2. The van der Waals surface area contributed by atoms with Crippen LogP contribution in [0.5, 0.6) is 0 Å². The smallest absolute Gasteiger partial charge is 0.0104 e. The Morgan fingerprint density at radius 1 is 0.929 bits per heavy atom. The van der Waals surface area contributed by atoms with Crippen LogP contribution >= 0.6 is 0 Å². The highest BCUT2D eigenvalue weighted by molar-refractivity contribution is 4.62. The second-order valence-electron chi connectivity index (χ2n) is 4.11. The lowest BCUT2D eigenvalue weighted by molar-refractivity contribution is 0.291. The van der Waals surface area contributed by atoms with E-state index in [0.717, 1.165) is 13.1 Å². The lowest BCUT2D eigenvalue weighted by Crippen LogP contribution is -2.40. The largest absolute Gasteiger partial charge is 0.314 e. The number of rotatable bonds is 4. The first-order chi connectivity index (χ1) is 6.81. The lowest BCUT2D eigenvalue weighted by Gasteiger charge is -2.21. The molecule has 1 saturated heterocycles. The molecule has 1 aliphatic rings. The standard InChI is InChI=1S/C7H16.C5H12N2/c1-3-5-7-6-4-2;1-7-4-2-6-3-5-7/h3-7H2,1-2H3;6H,2-5H2,1H3. The van der Waals surface area contributed by atoms with Gasteiger partial charge in [0.15, 0.2) is 0 Å². The van der Waals surface area contributed by atoms with Gasteiger partial charge >= 0.3 is 0 Å². The number of nitrogens with zero attached hydrogens (tertiary/aromatic N) is 1. The minimum absolute atomic E-state index is 1.16. The molecule has 0 saturated carbocycles. The van der Waals surface area contributed by atoms with E-state index in [9.17, 15) is 0 Å². The fourth-order valence-electron chi connectivity index (χ4n) is 1.45. The Labute approximate surface area is 90.1 Å². The fourth-order valence-corrected chi connectivity index (χ4v) is 1.45. The highest BCUT2D eigenvalue weighted by Gasteiger charge is 2.01. The molecule has 0 aromatic carbocycles. The minimum atomic E-state index is 1.16. The van der Waals surface area contributed by atoms with Crippen molar-refractivity contribution in [3.05, 3.63) is 0 Å². The average Bonchev–Trinajstić information content (AvgIpc) is 2.21. The highest BCUT2D eigenvalue weighted by Crippen LogP contribution is 2.00. The van der Waals surface area contributed by atoms with Crippen molar-refractivity contribution in [3.63, 3.8) is 0 Å². The van der Waals surface area contributed by atoms with Crippen LogP contribution in [0.4, 0.5) is 0 Å². The lowest BCUT2D eigenvalue weighted by atomic mass is 10.2. The molecule has 0 atom stereocenters. The van der Waals surface area contributed by atoms with Gasteiger partial charge < -0.3 is 10.2 Å². The van der Waals surface area contributed by atoms with Crippen LogP contribution in [0.25, 0.3) is 0 Å². The van der Waals surface area contributed by atoms with Crippen molar-refractivity contribution in [2.75, 3.05) is 33.2 Å². The molecule has 0 aliphatic carbocycles. The maximum Gasteiger partial charge on any atom is 0.0104 e. The Hall–Kier alpha value is -0.0800. The number of piperazine rings is 1. The zero-order chi connectivity index (χ0) is 10.6. The summed E-state index contributed by atoms with van der Waals surface area (Å²) in [5.41, 5.74) is 0. The Kier molecular flexibility index (Phi) is 10.9. The quantitative estimate of drug-likeness (QED) is 0.701. The highest BCUT2D eigenvalue weighted by atomic mass is 15.2. The van der Waals surface area contributed by atoms with Gasteiger partial charge in [0.25, 0.3) is 0 Å². The van der Waals surface area contributed by atoms with E-state index in [1.54, 1.807) is 0 Å². The van der Waals surface area contributed by atoms with E-state index in [1.165, 1.54) is 45.2 Å². The molecule has 0 bridgehead atoms. The fraction of sp³-hybridized carbons (Fsp3) is 1.00. The van der Waals surface area contributed by atoms with Crippen LogP contribution in [-0.2, 0) is 0 Å². The van der Waals surface area contributed by atoms with Crippen molar-refractivity contribution in [2.24, 2.45) is 0 Å². The Morgan fingerprint density at radius 2 is 1.43 bits per heavy atom. The van der Waals surface area contributed by atoms with Gasteiger partial charge in [0.05, 0.1) is 0 Å². The van der Waals surface area contributed by atoms with Gasteiger partial charge in [-0.1, -0.05) is 46.0 Å². The van der Waals surface area contributed by atoms with Gasteiger partial charge in [0.2, 0.25) is 0 Å². The molecule has 1 rings (SSSR count). The Balaban J connectivity index is 0.000000241. The van der Waals surface area contributed by atoms with E-state index in [0.29, 0.717) is 0 Å². The second kappa shape index (κ2) is 11.0. The Bertz CT molecular complexity index is 94.5. The molecular weight excluding hydrogens is 172 g/mol. The van der Waals surface area contributed by atoms with E-state index in [1.807, 2.05) is 0 Å². The molecule has 0 aromatic heterocycles. The van der Waals surface area contributed by atoms with E-state index in [2.05, 4.69) is 31.1 Å². The summed E-state index contributed by atoms with van der Waals surface area (Å²) in [5.74, 6) is 0. The zero-order valence-electron chi connectivity index (χ0n) is 10.3. The van der Waals surface area contributed by atoms with Crippen LogP contribution in [-0.4, -0.2) is 38.1 Å². The third-order valence-corrected chi connectivity index (χ3v) is 2.55. The molecule has 2 heteroatoms. The maximum absolute atomic E-state index is 3.27. The third kappa shape index (κ3) is 10.0. The summed E-state index contributed by atoms with van der Waals surface area (Å²) in [6.45, 7) is 9.23. The minimum Gasteiger partial charge on any atom is -0.314 e. The van der Waals surface area contributed by atoms with Crippen LogP contribution in [0, 0.1) is 0 Å². The van der Waals surface area contributed by atoms with Gasteiger partial charge in [-0.25, -0.2) is 0 Å². The van der Waals surface area contributed by atoms with Gasteiger partial charge in [-0.05, 0) is 7.05 Å². The molecule has 0 radical (unpaired) electrons. The number of nitrogens with one attached hydrogen (secondary N) is 1. The molecule has 1 N–H and O–H groups in total. The molecule has 0 unspecified atom stereocenters. The summed E-state index contributed by atoms with van der Waals surface area (Å²) < 4.78 is 0. The molecule has 0 spiro atoms. The van der Waals surface area contributed by atoms with Crippen molar-refractivity contribution in [1.82, 2.24) is 10.2 Å². The molecule has 2 nitrogen and oxygen atoms in total.